The Hall–Kier alpha value is -3.52. The van der Waals surface area contributed by atoms with E-state index in [0.29, 0.717) is 22.9 Å². The normalized spacial score (nSPS) is 24.3. The molecule has 8 heteroatoms. The molecule has 7 rings (SSSR count). The highest BCUT2D eigenvalue weighted by Gasteiger charge is 2.51. The zero-order valence-corrected chi connectivity index (χ0v) is 25.7. The number of nitrogens with zero attached hydrogens (tertiary/aromatic N) is 1. The summed E-state index contributed by atoms with van der Waals surface area (Å²) in [6.45, 7) is 3.43. The second kappa shape index (κ2) is 11.0. The lowest BCUT2D eigenvalue weighted by Crippen LogP contribution is -2.48. The molecule has 1 amide bonds. The molecule has 42 heavy (non-hydrogen) atoms. The fourth-order valence-corrected chi connectivity index (χ4v) is 9.64. The summed E-state index contributed by atoms with van der Waals surface area (Å²) in [6, 6.07) is 18.2. The highest BCUT2D eigenvalue weighted by atomic mass is 32.2. The van der Waals surface area contributed by atoms with E-state index in [2.05, 4.69) is 17.4 Å². The molecule has 1 N–H and O–H groups in total. The summed E-state index contributed by atoms with van der Waals surface area (Å²) in [4.78, 5) is 13.4. The Kier molecular flexibility index (Phi) is 7.46. The molecule has 0 aromatic heterocycles. The number of sulfonamides is 1. The molecule has 4 saturated carbocycles. The van der Waals surface area contributed by atoms with Crippen LogP contribution < -0.4 is 19.1 Å². The second-order valence-electron chi connectivity index (χ2n) is 12.7. The van der Waals surface area contributed by atoms with Gasteiger partial charge in [0.05, 0.1) is 24.8 Å². The maximum Gasteiger partial charge on any atom is 0.264 e. The average Bonchev–Trinajstić information content (AvgIpc) is 2.94. The lowest BCUT2D eigenvalue weighted by molar-refractivity contribution is -0.114. The summed E-state index contributed by atoms with van der Waals surface area (Å²) in [6.07, 6.45) is 8.04. The van der Waals surface area contributed by atoms with Crippen molar-refractivity contribution in [2.75, 3.05) is 30.4 Å². The largest absolute Gasteiger partial charge is 0.493 e. The first kappa shape index (κ1) is 28.6. The number of carbonyl (C=O) groups excluding carboxylic acids is 1. The summed E-state index contributed by atoms with van der Waals surface area (Å²) < 4.78 is 39.8. The van der Waals surface area contributed by atoms with Crippen molar-refractivity contribution in [3.8, 4) is 11.5 Å². The first-order valence-electron chi connectivity index (χ1n) is 14.8. The van der Waals surface area contributed by atoms with Gasteiger partial charge in [-0.3, -0.25) is 9.10 Å². The molecule has 4 fully saturated rings. The molecule has 0 radical (unpaired) electrons. The Morgan fingerprint density at radius 2 is 1.40 bits per heavy atom. The molecule has 3 aromatic carbocycles. The molecule has 4 bridgehead atoms. The number of methoxy groups -OCH3 is 2. The first-order valence-corrected chi connectivity index (χ1v) is 16.3. The van der Waals surface area contributed by atoms with Crippen LogP contribution in [-0.2, 0) is 20.2 Å². The van der Waals surface area contributed by atoms with Gasteiger partial charge in [0.25, 0.3) is 10.0 Å². The summed E-state index contributed by atoms with van der Waals surface area (Å²) >= 11 is 0. The van der Waals surface area contributed by atoms with Crippen LogP contribution in [0.3, 0.4) is 0 Å². The van der Waals surface area contributed by atoms with E-state index in [-0.39, 0.29) is 16.9 Å². The van der Waals surface area contributed by atoms with Crippen LogP contribution >= 0.6 is 0 Å². The van der Waals surface area contributed by atoms with Crippen molar-refractivity contribution in [2.45, 2.75) is 62.7 Å². The van der Waals surface area contributed by atoms with Crippen LogP contribution in [0.1, 0.15) is 55.2 Å². The number of aryl methyl sites for hydroxylation is 2. The molecule has 0 unspecified atom stereocenters. The van der Waals surface area contributed by atoms with Gasteiger partial charge >= 0.3 is 0 Å². The van der Waals surface area contributed by atoms with Gasteiger partial charge in [0, 0.05) is 11.8 Å². The van der Waals surface area contributed by atoms with Crippen LogP contribution in [0.15, 0.2) is 65.6 Å². The number of nitrogens with one attached hydrogen (secondary N) is 1. The number of carbonyl (C=O) groups is 1. The maximum absolute atomic E-state index is 14.0. The lowest BCUT2D eigenvalue weighted by Gasteiger charge is -2.57. The predicted octanol–water partition coefficient (Wildman–Crippen LogP) is 6.62. The summed E-state index contributed by atoms with van der Waals surface area (Å²) in [7, 11) is -1.18. The fourth-order valence-electron chi connectivity index (χ4n) is 8.22. The Morgan fingerprint density at radius 3 is 1.95 bits per heavy atom. The van der Waals surface area contributed by atoms with Gasteiger partial charge < -0.3 is 14.8 Å². The Morgan fingerprint density at radius 1 is 0.833 bits per heavy atom. The molecule has 3 aromatic rings. The van der Waals surface area contributed by atoms with E-state index < -0.39 is 15.9 Å². The minimum absolute atomic E-state index is 0.00651. The molecule has 0 saturated heterocycles. The second-order valence-corrected chi connectivity index (χ2v) is 14.6. The third kappa shape index (κ3) is 5.37. The third-order valence-electron chi connectivity index (χ3n) is 9.54. The van der Waals surface area contributed by atoms with E-state index in [0.717, 1.165) is 33.2 Å². The molecule has 0 heterocycles. The minimum atomic E-state index is -4.13. The van der Waals surface area contributed by atoms with Crippen molar-refractivity contribution in [3.63, 3.8) is 0 Å². The smallest absolute Gasteiger partial charge is 0.264 e. The summed E-state index contributed by atoms with van der Waals surface area (Å²) in [5.41, 5.74) is 4.56. The Balaban J connectivity index is 1.24. The molecule has 222 valence electrons. The Bertz CT molecular complexity index is 1540. The van der Waals surface area contributed by atoms with Crippen molar-refractivity contribution < 1.29 is 22.7 Å². The number of anilines is 2. The zero-order chi connectivity index (χ0) is 29.6. The monoisotopic (exact) mass is 588 g/mol. The number of hydrogen-bond acceptors (Lipinski definition) is 5. The van der Waals surface area contributed by atoms with Crippen molar-refractivity contribution in [3.05, 3.63) is 77.4 Å². The van der Waals surface area contributed by atoms with E-state index in [9.17, 15) is 13.2 Å². The molecule has 4 aliphatic carbocycles. The number of ether oxygens (including phenoxy) is 2. The van der Waals surface area contributed by atoms with E-state index in [1.807, 2.05) is 32.0 Å². The summed E-state index contributed by atoms with van der Waals surface area (Å²) in [5, 5.41) is 2.95. The van der Waals surface area contributed by atoms with Crippen molar-refractivity contribution >= 4 is 27.3 Å². The first-order chi connectivity index (χ1) is 20.1. The van der Waals surface area contributed by atoms with Crippen LogP contribution in [0.2, 0.25) is 0 Å². The fraction of sp³-hybridized carbons (Fsp3) is 0.441. The van der Waals surface area contributed by atoms with Crippen molar-refractivity contribution in [2.24, 2.45) is 17.8 Å². The van der Waals surface area contributed by atoms with Crippen molar-refractivity contribution in [1.29, 1.82) is 0 Å². The number of hydrogen-bond donors (Lipinski definition) is 1. The van der Waals surface area contributed by atoms with Gasteiger partial charge in [-0.05, 0) is 129 Å². The van der Waals surface area contributed by atoms with Crippen molar-refractivity contribution in [1.82, 2.24) is 0 Å². The predicted molar refractivity (Wildman–Crippen MR) is 165 cm³/mol. The minimum Gasteiger partial charge on any atom is -0.493 e. The molecular weight excluding hydrogens is 548 g/mol. The van der Waals surface area contributed by atoms with Crippen LogP contribution in [-0.4, -0.2) is 35.1 Å². The number of rotatable bonds is 9. The lowest BCUT2D eigenvalue weighted by atomic mass is 9.48. The van der Waals surface area contributed by atoms with Gasteiger partial charge in [-0.25, -0.2) is 8.42 Å². The Labute approximate surface area is 249 Å². The van der Waals surface area contributed by atoms with Gasteiger partial charge in [-0.15, -0.1) is 0 Å². The van der Waals surface area contributed by atoms with Crippen LogP contribution in [0.4, 0.5) is 11.4 Å². The number of amides is 1. The van der Waals surface area contributed by atoms with Crippen LogP contribution in [0, 0.1) is 31.6 Å². The molecule has 7 nitrogen and oxygen atoms in total. The molecule has 0 atom stereocenters. The van der Waals surface area contributed by atoms with E-state index in [4.69, 9.17) is 9.47 Å². The third-order valence-corrected chi connectivity index (χ3v) is 11.3. The number of benzene rings is 3. The van der Waals surface area contributed by atoms with Crippen LogP contribution in [0.25, 0.3) is 0 Å². The van der Waals surface area contributed by atoms with Crippen LogP contribution in [0.5, 0.6) is 11.5 Å². The molecular formula is C34H40N2O5S. The SMILES string of the molecule is COc1ccc(S(=O)(=O)N(CC(=O)Nc2ccc(C34CC5CC(CC(C5)C3)C4)cc2)c2cc(C)cc(C)c2)cc1OC. The quantitative estimate of drug-likeness (QED) is 0.304. The van der Waals surface area contributed by atoms with E-state index >= 15 is 0 Å². The topological polar surface area (TPSA) is 84.9 Å². The maximum atomic E-state index is 14.0. The molecule has 0 spiro atoms. The van der Waals surface area contributed by atoms with Gasteiger partial charge in [0.2, 0.25) is 5.91 Å². The molecule has 4 aliphatic rings. The average molecular weight is 589 g/mol. The van der Waals surface area contributed by atoms with E-state index in [1.54, 1.807) is 18.2 Å². The van der Waals surface area contributed by atoms with Gasteiger partial charge in [-0.1, -0.05) is 18.2 Å². The summed E-state index contributed by atoms with van der Waals surface area (Å²) in [5.74, 6) is 2.88. The molecule has 0 aliphatic heterocycles. The van der Waals surface area contributed by atoms with Gasteiger partial charge in [-0.2, -0.15) is 0 Å². The van der Waals surface area contributed by atoms with E-state index in [1.165, 1.54) is 70.4 Å². The standard InChI is InChI=1S/C34H40N2O5S/c1-22-11-23(2)13-29(12-22)36(42(38,39)30-9-10-31(40-3)32(17-30)41-4)21-33(37)35-28-7-5-27(6-8-28)34-18-24-14-25(19-34)16-26(15-24)20-34/h5-13,17,24-26H,14-16,18-21H2,1-4H3,(H,35,37). The van der Waals surface area contributed by atoms with Gasteiger partial charge in [0.1, 0.15) is 6.54 Å². The highest BCUT2D eigenvalue weighted by molar-refractivity contribution is 7.92. The highest BCUT2D eigenvalue weighted by Crippen LogP contribution is 2.60. The van der Waals surface area contributed by atoms with Gasteiger partial charge in [0.15, 0.2) is 11.5 Å². The zero-order valence-electron chi connectivity index (χ0n) is 24.9.